The Kier molecular flexibility index (Phi) is 5.07. The fourth-order valence-electron chi connectivity index (χ4n) is 2.48. The molecule has 2 rings (SSSR count). The molecule has 1 atom stereocenters. The third kappa shape index (κ3) is 2.92. The maximum Gasteiger partial charge on any atom is 0.338 e. The van der Waals surface area contributed by atoms with Crippen LogP contribution in [-0.4, -0.2) is 25.5 Å². The quantitative estimate of drug-likeness (QED) is 0.464. The van der Waals surface area contributed by atoms with Crippen molar-refractivity contribution in [3.63, 3.8) is 0 Å². The number of hydrogen-bond acceptors (Lipinski definition) is 3. The van der Waals surface area contributed by atoms with Gasteiger partial charge in [-0.15, -0.1) is 0 Å². The van der Waals surface area contributed by atoms with E-state index in [2.05, 4.69) is 0 Å². The normalized spacial score (nSPS) is 13.2. The molecule has 114 valence electrons. The Hall–Kier alpha value is -2.46. The minimum absolute atomic E-state index is 0.0872. The van der Waals surface area contributed by atoms with Gasteiger partial charge in [0.15, 0.2) is 0 Å². The number of amides is 1. The molecule has 0 aliphatic carbocycles. The van der Waals surface area contributed by atoms with Crippen LogP contribution in [0.15, 0.2) is 54.6 Å². The van der Waals surface area contributed by atoms with E-state index in [9.17, 15) is 9.59 Å². The van der Waals surface area contributed by atoms with E-state index in [4.69, 9.17) is 4.74 Å². The second kappa shape index (κ2) is 7.00. The predicted molar refractivity (Wildman–Crippen MR) is 86.9 cm³/mol. The third-order valence-corrected chi connectivity index (χ3v) is 3.73. The van der Waals surface area contributed by atoms with Gasteiger partial charge in [0.1, 0.15) is 11.4 Å². The lowest BCUT2D eigenvalue weighted by atomic mass is 10.1. The Bertz CT molecular complexity index is 637. The van der Waals surface area contributed by atoms with Gasteiger partial charge in [-0.1, -0.05) is 18.2 Å². The van der Waals surface area contributed by atoms with Crippen LogP contribution < -0.4 is 4.48 Å². The number of carbonyl (C=O) groups excluding carboxylic acids is 2. The van der Waals surface area contributed by atoms with Crippen LogP contribution >= 0.6 is 0 Å². The molecule has 1 amide bonds. The number of quaternary nitrogens is 1. The molecule has 0 aliphatic heterocycles. The average molecular weight is 298 g/mol. The highest BCUT2D eigenvalue weighted by Crippen LogP contribution is 2.32. The third-order valence-electron chi connectivity index (χ3n) is 3.73. The molecule has 0 fully saturated rings. The lowest BCUT2D eigenvalue weighted by molar-refractivity contribution is -0.115. The van der Waals surface area contributed by atoms with Crippen molar-refractivity contribution >= 4 is 23.8 Å². The summed E-state index contributed by atoms with van der Waals surface area (Å²) >= 11 is 0. The summed E-state index contributed by atoms with van der Waals surface area (Å²) in [5.74, 6) is -0.352. The molecule has 0 radical (unpaired) electrons. The van der Waals surface area contributed by atoms with Crippen molar-refractivity contribution < 1.29 is 14.3 Å². The molecule has 22 heavy (non-hydrogen) atoms. The summed E-state index contributed by atoms with van der Waals surface area (Å²) in [6.45, 7) is 4.66. The van der Waals surface area contributed by atoms with E-state index in [1.54, 1.807) is 31.2 Å². The summed E-state index contributed by atoms with van der Waals surface area (Å²) in [6, 6.07) is 16.6. The van der Waals surface area contributed by atoms with Gasteiger partial charge in [-0.05, 0) is 26.0 Å². The molecule has 0 aliphatic rings. The molecule has 0 spiro atoms. The summed E-state index contributed by atoms with van der Waals surface area (Å²) < 4.78 is 5.06. The first-order valence-corrected chi connectivity index (χ1v) is 7.35. The van der Waals surface area contributed by atoms with Crippen molar-refractivity contribution in [1.82, 2.24) is 4.48 Å². The zero-order valence-corrected chi connectivity index (χ0v) is 12.9. The van der Waals surface area contributed by atoms with Crippen molar-refractivity contribution in [3.05, 3.63) is 60.2 Å². The van der Waals surface area contributed by atoms with Gasteiger partial charge in [0, 0.05) is 24.3 Å². The standard InChI is InChI=1S/C18H20NO3/c1-3-19(14-20,16-8-6-5-7-9-16)17-12-10-15(11-13-17)18(21)22-4-2/h5-14H,3-4H2,1-2H3/q+1. The molecule has 0 N–H and O–H groups in total. The Morgan fingerprint density at radius 3 is 2.09 bits per heavy atom. The molecule has 0 saturated carbocycles. The van der Waals surface area contributed by atoms with Crippen LogP contribution in [0.3, 0.4) is 0 Å². The largest absolute Gasteiger partial charge is 0.462 e. The van der Waals surface area contributed by atoms with E-state index in [1.165, 1.54) is 0 Å². The molecule has 0 heterocycles. The summed E-state index contributed by atoms with van der Waals surface area (Å²) in [5.41, 5.74) is 2.19. The SMILES string of the molecule is CCOC(=O)c1ccc([N+](C=O)(CC)c2ccccc2)cc1. The number of esters is 1. The summed E-state index contributed by atoms with van der Waals surface area (Å²) in [7, 11) is 0. The fraction of sp³-hybridized carbons (Fsp3) is 0.222. The first-order valence-electron chi connectivity index (χ1n) is 7.35. The van der Waals surface area contributed by atoms with E-state index in [0.717, 1.165) is 17.8 Å². The molecular formula is C18H20NO3+. The van der Waals surface area contributed by atoms with Gasteiger partial charge in [0.2, 0.25) is 0 Å². The highest BCUT2D eigenvalue weighted by atomic mass is 16.5. The monoisotopic (exact) mass is 298 g/mol. The van der Waals surface area contributed by atoms with E-state index in [1.807, 2.05) is 37.3 Å². The summed E-state index contributed by atoms with van der Waals surface area (Å²) in [4.78, 5) is 23.6. The van der Waals surface area contributed by atoms with Crippen LogP contribution in [0.1, 0.15) is 24.2 Å². The Labute approximate surface area is 130 Å². The number of ether oxygens (including phenoxy) is 1. The first kappa shape index (κ1) is 15.9. The predicted octanol–water partition coefficient (Wildman–Crippen LogP) is 3.68. The number of para-hydroxylation sites is 1. The van der Waals surface area contributed by atoms with Crippen LogP contribution in [0.25, 0.3) is 0 Å². The average Bonchev–Trinajstić information content (AvgIpc) is 2.58. The Morgan fingerprint density at radius 2 is 1.59 bits per heavy atom. The highest BCUT2D eigenvalue weighted by Gasteiger charge is 2.31. The molecule has 4 nitrogen and oxygen atoms in total. The number of benzene rings is 2. The second-order valence-electron chi connectivity index (χ2n) is 4.89. The van der Waals surface area contributed by atoms with Gasteiger partial charge in [0.05, 0.1) is 18.7 Å². The molecule has 4 heteroatoms. The van der Waals surface area contributed by atoms with Crippen LogP contribution in [0.4, 0.5) is 11.4 Å². The van der Waals surface area contributed by atoms with Crippen molar-refractivity contribution in [1.29, 1.82) is 0 Å². The first-order chi connectivity index (χ1) is 10.7. The van der Waals surface area contributed by atoms with Gasteiger partial charge in [-0.3, -0.25) is 0 Å². The van der Waals surface area contributed by atoms with Gasteiger partial charge in [0.25, 0.3) is 0 Å². The van der Waals surface area contributed by atoms with Gasteiger partial charge >= 0.3 is 12.4 Å². The molecule has 2 aromatic carbocycles. The Morgan fingerprint density at radius 1 is 1.00 bits per heavy atom. The maximum atomic E-state index is 11.9. The van der Waals surface area contributed by atoms with E-state index >= 15 is 0 Å². The maximum absolute atomic E-state index is 11.9. The fourth-order valence-corrected chi connectivity index (χ4v) is 2.48. The van der Waals surface area contributed by atoms with Crippen molar-refractivity contribution in [2.75, 3.05) is 13.2 Å². The highest BCUT2D eigenvalue weighted by molar-refractivity contribution is 5.90. The zero-order valence-electron chi connectivity index (χ0n) is 12.9. The van der Waals surface area contributed by atoms with E-state index in [0.29, 0.717) is 18.7 Å². The lowest BCUT2D eigenvalue weighted by Gasteiger charge is -2.29. The minimum atomic E-state index is -0.352. The van der Waals surface area contributed by atoms with Crippen LogP contribution in [-0.2, 0) is 9.53 Å². The van der Waals surface area contributed by atoms with Crippen molar-refractivity contribution in [3.8, 4) is 0 Å². The van der Waals surface area contributed by atoms with Crippen molar-refractivity contribution in [2.45, 2.75) is 13.8 Å². The van der Waals surface area contributed by atoms with E-state index in [-0.39, 0.29) is 10.5 Å². The molecular weight excluding hydrogens is 278 g/mol. The number of hydrogen-bond donors (Lipinski definition) is 0. The second-order valence-corrected chi connectivity index (χ2v) is 4.89. The van der Waals surface area contributed by atoms with Crippen molar-refractivity contribution in [2.24, 2.45) is 0 Å². The van der Waals surface area contributed by atoms with Crippen LogP contribution in [0.5, 0.6) is 0 Å². The molecule has 1 unspecified atom stereocenters. The summed E-state index contributed by atoms with van der Waals surface area (Å²) in [5, 5.41) is 0. The molecule has 0 bridgehead atoms. The lowest BCUT2D eigenvalue weighted by Crippen LogP contribution is -2.42. The molecule has 0 saturated heterocycles. The van der Waals surface area contributed by atoms with Gasteiger partial charge < -0.3 is 4.74 Å². The van der Waals surface area contributed by atoms with Gasteiger partial charge in [-0.25, -0.2) is 9.59 Å². The van der Waals surface area contributed by atoms with E-state index < -0.39 is 0 Å². The molecule has 0 aromatic heterocycles. The topological polar surface area (TPSA) is 43.4 Å². The van der Waals surface area contributed by atoms with Crippen LogP contribution in [0.2, 0.25) is 0 Å². The van der Waals surface area contributed by atoms with Crippen LogP contribution in [0, 0.1) is 0 Å². The smallest absolute Gasteiger partial charge is 0.338 e. The number of rotatable bonds is 6. The number of carbonyl (C=O) groups is 2. The molecule has 2 aromatic rings. The summed E-state index contributed by atoms with van der Waals surface area (Å²) in [6.07, 6.45) is 0.925. The minimum Gasteiger partial charge on any atom is -0.462 e. The van der Waals surface area contributed by atoms with Gasteiger partial charge in [-0.2, -0.15) is 4.48 Å². The Balaban J connectivity index is 2.42. The zero-order chi connectivity index (χ0) is 16.0. The number of nitrogens with zero attached hydrogens (tertiary/aromatic N) is 1.